The Labute approximate surface area is 735 Å². The van der Waals surface area contributed by atoms with Crippen molar-refractivity contribution in [3.05, 3.63) is 188 Å². The number of aromatic nitrogens is 16. The Morgan fingerprint density at radius 1 is 0.175 bits per heavy atom. The van der Waals surface area contributed by atoms with E-state index in [4.69, 9.17) is 0 Å². The second-order valence-corrected chi connectivity index (χ2v) is 40.5. The molecular weight excluding hydrogens is 1470 g/mol. The Balaban J connectivity index is 0.000000686. The minimum absolute atomic E-state index is 0.651. The van der Waals surface area contributed by atoms with Gasteiger partial charge in [-0.05, 0) is 342 Å². The van der Waals surface area contributed by atoms with E-state index in [9.17, 15) is 0 Å². The molecule has 0 radical (unpaired) electrons. The Hall–Kier alpha value is -7.36. The third-order valence-corrected chi connectivity index (χ3v) is 19.5. The first-order valence-electron chi connectivity index (χ1n) is 47.1. The van der Waals surface area contributed by atoms with E-state index in [2.05, 4.69) is 352 Å². The van der Waals surface area contributed by atoms with Crippen LogP contribution in [0.2, 0.25) is 0 Å². The van der Waals surface area contributed by atoms with Crippen LogP contribution in [0.5, 0.6) is 0 Å². The van der Waals surface area contributed by atoms with E-state index in [0.717, 1.165) is 184 Å². The highest BCUT2D eigenvalue weighted by Crippen LogP contribution is 2.22. The Morgan fingerprint density at radius 2 is 0.467 bits per heavy atom. The quantitative estimate of drug-likeness (QED) is 0.0350. The van der Waals surface area contributed by atoms with Gasteiger partial charge in [0.25, 0.3) is 0 Å². The van der Waals surface area contributed by atoms with Gasteiger partial charge in [-0.25, -0.2) is 0 Å². The van der Waals surface area contributed by atoms with Crippen LogP contribution >= 0.6 is 0 Å². The topological polar surface area (TPSA) is 206 Å². The number of hydrogen-bond donors (Lipinski definition) is 0. The van der Waals surface area contributed by atoms with Gasteiger partial charge in [-0.15, -0.1) is 0 Å². The molecule has 0 bridgehead atoms. The van der Waals surface area contributed by atoms with Crippen LogP contribution in [0.3, 0.4) is 0 Å². The third-order valence-electron chi connectivity index (χ3n) is 19.5. The van der Waals surface area contributed by atoms with Gasteiger partial charge in [0.1, 0.15) is 0 Å². The number of hydrogen-bond acceptors (Lipinski definition) is 16. The minimum atomic E-state index is 0.651. The zero-order chi connectivity index (χ0) is 90.1. The van der Waals surface area contributed by atoms with Gasteiger partial charge in [0.05, 0.1) is 82.7 Å². The van der Waals surface area contributed by atoms with E-state index >= 15 is 0 Å². The van der Waals surface area contributed by atoms with E-state index in [1.54, 1.807) is 6.20 Å². The molecule has 0 saturated heterocycles. The first-order chi connectivity index (χ1) is 56.7. The molecule has 0 fully saturated rings. The highest BCUT2D eigenvalue weighted by atomic mass is 15.1. The summed E-state index contributed by atoms with van der Waals surface area (Å²) < 4.78 is 0. The summed E-state index contributed by atoms with van der Waals surface area (Å²) in [6.07, 6.45) is 42.1. The fourth-order valence-electron chi connectivity index (χ4n) is 12.7. The van der Waals surface area contributed by atoms with Gasteiger partial charge >= 0.3 is 0 Å². The summed E-state index contributed by atoms with van der Waals surface area (Å²) in [6.45, 7) is 71.6. The van der Waals surface area contributed by atoms with Crippen LogP contribution in [0.4, 0.5) is 0 Å². The van der Waals surface area contributed by atoms with Gasteiger partial charge in [-0.1, -0.05) is 222 Å². The first-order valence-corrected chi connectivity index (χ1v) is 47.1. The van der Waals surface area contributed by atoms with Gasteiger partial charge in [-0.2, -0.15) is 81.6 Å². The fraction of sp³-hybridized carbons (Fsp3) is 0.692. The average molecular weight is 1650 g/mol. The molecule has 8 heterocycles. The smallest absolute Gasteiger partial charge is 0.0665 e. The molecule has 120 heavy (non-hydrogen) atoms. The second-order valence-electron chi connectivity index (χ2n) is 40.5. The van der Waals surface area contributed by atoms with Crippen LogP contribution in [0, 0.1) is 94.7 Å². The summed E-state index contributed by atoms with van der Waals surface area (Å²) >= 11 is 0. The molecular formula is C104H176N16. The molecule has 0 aliphatic heterocycles. The van der Waals surface area contributed by atoms with Gasteiger partial charge in [0, 0.05) is 12.4 Å². The van der Waals surface area contributed by atoms with Crippen molar-refractivity contribution in [3.8, 4) is 0 Å². The van der Waals surface area contributed by atoms with Crippen molar-refractivity contribution in [2.24, 2.45) is 94.7 Å². The molecule has 8 rings (SSSR count). The maximum absolute atomic E-state index is 4.28. The molecule has 672 valence electrons. The molecule has 0 aliphatic rings. The Bertz CT molecular complexity index is 3420. The van der Waals surface area contributed by atoms with Crippen LogP contribution < -0.4 is 0 Å². The lowest BCUT2D eigenvalue weighted by atomic mass is 9.95. The van der Waals surface area contributed by atoms with Crippen LogP contribution in [-0.2, 0) is 103 Å². The van der Waals surface area contributed by atoms with Crippen LogP contribution in [0.25, 0.3) is 0 Å². The largest absolute Gasteiger partial charge is 0.159 e. The molecule has 8 aromatic rings. The van der Waals surface area contributed by atoms with Gasteiger partial charge < -0.3 is 0 Å². The van der Waals surface area contributed by atoms with Gasteiger partial charge in [-0.3, -0.25) is 0 Å². The van der Waals surface area contributed by atoms with Crippen molar-refractivity contribution in [2.75, 3.05) is 0 Å². The molecule has 16 nitrogen and oxygen atoms in total. The predicted octanol–water partition coefficient (Wildman–Crippen LogP) is 26.1. The van der Waals surface area contributed by atoms with Crippen molar-refractivity contribution < 1.29 is 0 Å². The highest BCUT2D eigenvalue weighted by molar-refractivity contribution is 5.24. The standard InChI is InChI=1S/4C14H24N2.4C12H20N2/c1-11(2)5-7-13-9-15-16-10-14(13)8-6-12(3)4;1-11(2)5-7-13-9-14(16-15-10-13)8-6-12(3)4;1-11(2)5-7-13-9-10-15-16-14(13)8-6-12(3)4;1-11(2)5-7-13-9-10-14(16-15-13)8-6-12(3)4;1-9(2)5-11-7-13-14-8-12(11)6-10(3)4;1-9(2)5-11-7-12(6-10(3)4)14-13-8-11;1-9(2)7-11-5-6-13-14-12(11)8-10(3)4;1-9(2)7-11-5-6-12(14-13-11)8-10(3)4/h4*9-12H,5-8H2,1-4H3;2*7-10H,5-6H2,1-4H3;2*5-6,9-10H,7-8H2,1-4H3. The van der Waals surface area contributed by atoms with Crippen molar-refractivity contribution in [2.45, 2.75) is 376 Å². The van der Waals surface area contributed by atoms with Gasteiger partial charge in [0.15, 0.2) is 0 Å². The maximum Gasteiger partial charge on any atom is 0.0665 e. The predicted molar refractivity (Wildman–Crippen MR) is 510 cm³/mol. The summed E-state index contributed by atoms with van der Waals surface area (Å²) in [7, 11) is 0. The van der Waals surface area contributed by atoms with E-state index in [0.29, 0.717) is 47.3 Å². The third kappa shape index (κ3) is 60.2. The summed E-state index contributed by atoms with van der Waals surface area (Å²) in [4.78, 5) is 0. The zero-order valence-corrected chi connectivity index (χ0v) is 82.6. The van der Waals surface area contributed by atoms with Crippen molar-refractivity contribution >= 4 is 0 Å². The number of rotatable bonds is 40. The molecule has 0 amide bonds. The summed E-state index contributed by atoms with van der Waals surface area (Å²) in [5, 5.41) is 65.8. The Morgan fingerprint density at radius 3 is 0.850 bits per heavy atom. The Kier molecular flexibility index (Phi) is 60.2. The molecule has 16 heteroatoms. The van der Waals surface area contributed by atoms with Crippen LogP contribution in [0.1, 0.15) is 363 Å². The highest BCUT2D eigenvalue weighted by Gasteiger charge is 2.14. The lowest BCUT2D eigenvalue weighted by Crippen LogP contribution is -2.06. The van der Waals surface area contributed by atoms with Crippen molar-refractivity contribution in [1.29, 1.82) is 0 Å². The summed E-state index contributed by atoms with van der Waals surface area (Å²) in [5.74, 6) is 11.3. The molecule has 8 aromatic heterocycles. The van der Waals surface area contributed by atoms with Crippen molar-refractivity contribution in [3.63, 3.8) is 0 Å². The molecule has 0 unspecified atom stereocenters. The number of nitrogens with zero attached hydrogens (tertiary/aromatic N) is 16. The summed E-state index contributed by atoms with van der Waals surface area (Å²) in [5.41, 5.74) is 20.0. The molecule has 0 atom stereocenters. The van der Waals surface area contributed by atoms with Crippen LogP contribution in [-0.4, -0.2) is 81.6 Å². The lowest BCUT2D eigenvalue weighted by molar-refractivity contribution is 0.562. The normalized spacial score (nSPS) is 11.3. The zero-order valence-electron chi connectivity index (χ0n) is 82.6. The number of aryl methyl sites for hydroxylation is 8. The molecule has 0 aliphatic carbocycles. The van der Waals surface area contributed by atoms with Gasteiger partial charge in [0.2, 0.25) is 0 Å². The van der Waals surface area contributed by atoms with E-state index in [-0.39, 0.29) is 0 Å². The monoisotopic (exact) mass is 1650 g/mol. The second kappa shape index (κ2) is 65.3. The van der Waals surface area contributed by atoms with Crippen LogP contribution in [0.15, 0.2) is 98.1 Å². The van der Waals surface area contributed by atoms with E-state index in [1.807, 2.05) is 43.4 Å². The molecule has 0 N–H and O–H groups in total. The lowest BCUT2D eigenvalue weighted by Gasteiger charge is -2.11. The van der Waals surface area contributed by atoms with E-state index < -0.39 is 0 Å². The minimum Gasteiger partial charge on any atom is -0.159 e. The average Bonchev–Trinajstić information content (AvgIpc) is 0.964. The molecule has 0 spiro atoms. The van der Waals surface area contributed by atoms with Crippen molar-refractivity contribution in [1.82, 2.24) is 81.6 Å². The molecule has 0 saturated carbocycles. The van der Waals surface area contributed by atoms with E-state index in [1.165, 1.54) is 107 Å². The fourth-order valence-corrected chi connectivity index (χ4v) is 12.7. The first kappa shape index (κ1) is 111. The SMILES string of the molecule is CC(C)CCc1ccc(CCC(C)C)nn1.CC(C)CCc1ccnnc1CCC(C)C.CC(C)CCc1cnnc(CCC(C)C)c1.CC(C)CCc1cnncc1CCC(C)C.CC(C)Cc1ccc(CC(C)C)nn1.CC(C)Cc1ccnnc1CC(C)C.CC(C)Cc1cnnc(CC(C)C)c1.CC(C)Cc1cnncc1CC(C)C. The maximum atomic E-state index is 4.28. The summed E-state index contributed by atoms with van der Waals surface area (Å²) in [6, 6.07) is 17.1. The molecule has 0 aromatic carbocycles.